The highest BCUT2D eigenvalue weighted by atomic mass is 35.5. The summed E-state index contributed by atoms with van der Waals surface area (Å²) in [5, 5.41) is 1.36. The fraction of sp³-hybridized carbons (Fsp3) is 0.714. The summed E-state index contributed by atoms with van der Waals surface area (Å²) >= 11 is 12.0. The minimum atomic E-state index is 0.577. The summed E-state index contributed by atoms with van der Waals surface area (Å²) in [5.41, 5.74) is 1.01. The second-order valence-corrected chi connectivity index (χ2v) is 7.52. The SMILES string of the molecule is CCCCCCCCCCCCCCOCc1ccc(Cl)cc1Cl. The van der Waals surface area contributed by atoms with Crippen molar-refractivity contribution in [1.82, 2.24) is 0 Å². The molecule has 138 valence electrons. The second-order valence-electron chi connectivity index (χ2n) is 6.68. The number of hydrogen-bond donors (Lipinski definition) is 0. The summed E-state index contributed by atoms with van der Waals surface area (Å²) in [5.74, 6) is 0. The van der Waals surface area contributed by atoms with Crippen LogP contribution >= 0.6 is 23.2 Å². The molecule has 1 aromatic carbocycles. The van der Waals surface area contributed by atoms with Crippen LogP contribution in [-0.4, -0.2) is 6.61 Å². The molecular weight excluding hydrogens is 339 g/mol. The number of ether oxygens (including phenoxy) is 1. The van der Waals surface area contributed by atoms with Crippen LogP contribution in [0.15, 0.2) is 18.2 Å². The zero-order valence-corrected chi connectivity index (χ0v) is 16.8. The van der Waals surface area contributed by atoms with E-state index < -0.39 is 0 Å². The van der Waals surface area contributed by atoms with Gasteiger partial charge in [0.2, 0.25) is 0 Å². The van der Waals surface area contributed by atoms with Gasteiger partial charge in [-0.05, 0) is 24.1 Å². The minimum absolute atomic E-state index is 0.577. The first-order chi connectivity index (χ1) is 11.7. The standard InChI is InChI=1S/C21H34Cl2O/c1-2-3-4-5-6-7-8-9-10-11-12-13-16-24-18-19-14-15-20(22)17-21(19)23/h14-15,17H,2-13,16,18H2,1H3. The predicted molar refractivity (Wildman–Crippen MR) is 107 cm³/mol. The topological polar surface area (TPSA) is 9.23 Å². The lowest BCUT2D eigenvalue weighted by Crippen LogP contribution is -1.96. The Morgan fingerprint density at radius 3 is 1.83 bits per heavy atom. The highest BCUT2D eigenvalue weighted by molar-refractivity contribution is 6.35. The zero-order chi connectivity index (χ0) is 17.5. The largest absolute Gasteiger partial charge is 0.377 e. The average molecular weight is 373 g/mol. The minimum Gasteiger partial charge on any atom is -0.377 e. The molecule has 0 bridgehead atoms. The summed E-state index contributed by atoms with van der Waals surface area (Å²) in [6.45, 7) is 3.67. The summed E-state index contributed by atoms with van der Waals surface area (Å²) in [7, 11) is 0. The van der Waals surface area contributed by atoms with Gasteiger partial charge in [-0.1, -0.05) is 107 Å². The normalized spacial score (nSPS) is 11.1. The first-order valence-corrected chi connectivity index (χ1v) is 10.5. The van der Waals surface area contributed by atoms with E-state index in [1.807, 2.05) is 12.1 Å². The highest BCUT2D eigenvalue weighted by Gasteiger charge is 2.01. The molecule has 1 rings (SSSR count). The third kappa shape index (κ3) is 11.3. The number of hydrogen-bond acceptors (Lipinski definition) is 1. The van der Waals surface area contributed by atoms with Crippen LogP contribution in [0.1, 0.15) is 89.5 Å². The van der Waals surface area contributed by atoms with E-state index in [9.17, 15) is 0 Å². The molecule has 24 heavy (non-hydrogen) atoms. The van der Waals surface area contributed by atoms with Gasteiger partial charge in [0.1, 0.15) is 0 Å². The van der Waals surface area contributed by atoms with E-state index in [0.29, 0.717) is 16.7 Å². The maximum atomic E-state index is 6.12. The third-order valence-corrected chi connectivity index (χ3v) is 5.00. The molecule has 0 atom stereocenters. The van der Waals surface area contributed by atoms with Crippen LogP contribution in [0.2, 0.25) is 10.0 Å². The number of rotatable bonds is 15. The second kappa shape index (κ2) is 15.0. The van der Waals surface area contributed by atoms with Crippen molar-refractivity contribution in [2.24, 2.45) is 0 Å². The van der Waals surface area contributed by atoms with Crippen molar-refractivity contribution in [3.63, 3.8) is 0 Å². The van der Waals surface area contributed by atoms with Gasteiger partial charge < -0.3 is 4.74 Å². The van der Waals surface area contributed by atoms with Crippen molar-refractivity contribution in [1.29, 1.82) is 0 Å². The van der Waals surface area contributed by atoms with Gasteiger partial charge in [0.15, 0.2) is 0 Å². The van der Waals surface area contributed by atoms with Gasteiger partial charge in [0, 0.05) is 16.7 Å². The Bertz CT molecular complexity index is 420. The third-order valence-electron chi connectivity index (χ3n) is 4.41. The lowest BCUT2D eigenvalue weighted by molar-refractivity contribution is 0.117. The van der Waals surface area contributed by atoms with Crippen LogP contribution in [-0.2, 0) is 11.3 Å². The number of benzene rings is 1. The Kier molecular flexibility index (Phi) is 13.7. The molecule has 0 aliphatic carbocycles. The summed E-state index contributed by atoms with van der Waals surface area (Å²) in [4.78, 5) is 0. The Morgan fingerprint density at radius 1 is 0.750 bits per heavy atom. The first-order valence-electron chi connectivity index (χ1n) is 9.75. The van der Waals surface area contributed by atoms with Gasteiger partial charge >= 0.3 is 0 Å². The fourth-order valence-electron chi connectivity index (χ4n) is 2.87. The van der Waals surface area contributed by atoms with Crippen LogP contribution < -0.4 is 0 Å². The highest BCUT2D eigenvalue weighted by Crippen LogP contribution is 2.21. The van der Waals surface area contributed by atoms with Crippen LogP contribution in [0.3, 0.4) is 0 Å². The van der Waals surface area contributed by atoms with Crippen molar-refractivity contribution in [3.8, 4) is 0 Å². The molecule has 0 saturated carbocycles. The van der Waals surface area contributed by atoms with Crippen molar-refractivity contribution in [3.05, 3.63) is 33.8 Å². The smallest absolute Gasteiger partial charge is 0.0731 e. The fourth-order valence-corrected chi connectivity index (χ4v) is 3.33. The van der Waals surface area contributed by atoms with Gasteiger partial charge in [-0.15, -0.1) is 0 Å². The van der Waals surface area contributed by atoms with E-state index in [-0.39, 0.29) is 0 Å². The monoisotopic (exact) mass is 372 g/mol. The van der Waals surface area contributed by atoms with Crippen molar-refractivity contribution < 1.29 is 4.74 Å². The number of halogens is 2. The van der Waals surface area contributed by atoms with E-state index in [4.69, 9.17) is 27.9 Å². The summed E-state index contributed by atoms with van der Waals surface area (Å²) in [6, 6.07) is 5.56. The Morgan fingerprint density at radius 2 is 1.29 bits per heavy atom. The average Bonchev–Trinajstić information content (AvgIpc) is 2.57. The molecule has 3 heteroatoms. The van der Waals surface area contributed by atoms with Gasteiger partial charge in [0.25, 0.3) is 0 Å². The molecule has 1 nitrogen and oxygen atoms in total. The van der Waals surface area contributed by atoms with Crippen LogP contribution in [0.25, 0.3) is 0 Å². The maximum Gasteiger partial charge on any atom is 0.0731 e. The molecule has 0 aliphatic rings. The van der Waals surface area contributed by atoms with Gasteiger partial charge in [0.05, 0.1) is 6.61 Å². The van der Waals surface area contributed by atoms with Crippen LogP contribution in [0, 0.1) is 0 Å². The van der Waals surface area contributed by atoms with Crippen molar-refractivity contribution >= 4 is 23.2 Å². The molecular formula is C21H34Cl2O. The molecule has 0 unspecified atom stereocenters. The molecule has 0 N–H and O–H groups in total. The van der Waals surface area contributed by atoms with E-state index in [0.717, 1.165) is 18.6 Å². The summed E-state index contributed by atoms with van der Waals surface area (Å²) < 4.78 is 5.70. The van der Waals surface area contributed by atoms with Crippen LogP contribution in [0.4, 0.5) is 0 Å². The van der Waals surface area contributed by atoms with E-state index in [2.05, 4.69) is 6.92 Å². The molecule has 0 amide bonds. The van der Waals surface area contributed by atoms with E-state index in [1.54, 1.807) is 6.07 Å². The Hall–Kier alpha value is -0.240. The zero-order valence-electron chi connectivity index (χ0n) is 15.3. The quantitative estimate of drug-likeness (QED) is 0.281. The predicted octanol–water partition coefficient (Wildman–Crippen LogP) is 8.21. The maximum absolute atomic E-state index is 6.12. The molecule has 1 aromatic rings. The molecule has 0 radical (unpaired) electrons. The Labute approximate surface area is 159 Å². The van der Waals surface area contributed by atoms with Gasteiger partial charge in [-0.2, -0.15) is 0 Å². The molecule has 0 aliphatic heterocycles. The van der Waals surface area contributed by atoms with Gasteiger partial charge in [-0.25, -0.2) is 0 Å². The lowest BCUT2D eigenvalue weighted by atomic mass is 10.1. The van der Waals surface area contributed by atoms with Crippen molar-refractivity contribution in [2.75, 3.05) is 6.61 Å². The van der Waals surface area contributed by atoms with Crippen molar-refractivity contribution in [2.45, 2.75) is 90.6 Å². The van der Waals surface area contributed by atoms with E-state index >= 15 is 0 Å². The lowest BCUT2D eigenvalue weighted by Gasteiger charge is -2.07. The first kappa shape index (κ1) is 21.8. The van der Waals surface area contributed by atoms with Crippen LogP contribution in [0.5, 0.6) is 0 Å². The molecule has 0 spiro atoms. The molecule has 0 aromatic heterocycles. The van der Waals surface area contributed by atoms with Gasteiger partial charge in [-0.3, -0.25) is 0 Å². The summed E-state index contributed by atoms with van der Waals surface area (Å²) in [6.07, 6.45) is 16.4. The Balaban J connectivity index is 1.84. The number of unbranched alkanes of at least 4 members (excludes halogenated alkanes) is 11. The van der Waals surface area contributed by atoms with E-state index in [1.165, 1.54) is 70.6 Å². The molecule has 0 heterocycles. The molecule has 0 fully saturated rings. The molecule has 0 saturated heterocycles.